The molecular formula is C26H41NS. The maximum absolute atomic E-state index is 4.13. The van der Waals surface area contributed by atoms with E-state index < -0.39 is 0 Å². The molecule has 2 heterocycles. The van der Waals surface area contributed by atoms with Gasteiger partial charge in [-0.3, -0.25) is 0 Å². The molecular weight excluding hydrogens is 358 g/mol. The minimum atomic E-state index is 0.247. The van der Waals surface area contributed by atoms with Gasteiger partial charge in [-0.25, -0.2) is 0 Å². The second-order valence-corrected chi connectivity index (χ2v) is 8.69. The predicted molar refractivity (Wildman–Crippen MR) is 130 cm³/mol. The van der Waals surface area contributed by atoms with E-state index in [1.807, 2.05) is 36.7 Å². The first-order valence-corrected chi connectivity index (χ1v) is 12.0. The van der Waals surface area contributed by atoms with Gasteiger partial charge in [0, 0.05) is 18.2 Å². The van der Waals surface area contributed by atoms with Gasteiger partial charge in [-0.2, -0.15) is 11.3 Å². The van der Waals surface area contributed by atoms with Gasteiger partial charge in [0.25, 0.3) is 0 Å². The third-order valence-corrected chi connectivity index (χ3v) is 6.37. The molecule has 0 spiro atoms. The Hall–Kier alpha value is -1.54. The molecule has 1 aromatic carbocycles. The molecule has 156 valence electrons. The average Bonchev–Trinajstić information content (AvgIpc) is 3.33. The summed E-state index contributed by atoms with van der Waals surface area (Å²) in [5.74, 6) is 1.19. The van der Waals surface area contributed by atoms with Crippen LogP contribution in [0.3, 0.4) is 0 Å². The van der Waals surface area contributed by atoms with E-state index in [0.717, 1.165) is 13.0 Å². The van der Waals surface area contributed by atoms with Crippen LogP contribution < -0.4 is 5.32 Å². The third-order valence-electron chi connectivity index (χ3n) is 5.75. The van der Waals surface area contributed by atoms with Crippen LogP contribution in [0.2, 0.25) is 0 Å². The predicted octanol–water partition coefficient (Wildman–Crippen LogP) is 8.65. The lowest BCUT2D eigenvalue weighted by Crippen LogP contribution is -2.27. The second kappa shape index (κ2) is 12.8. The summed E-state index contributed by atoms with van der Waals surface area (Å²) >= 11 is 1.71. The van der Waals surface area contributed by atoms with Crippen molar-refractivity contribution in [3.05, 3.63) is 64.9 Å². The van der Waals surface area contributed by atoms with Crippen LogP contribution in [0.25, 0.3) is 0 Å². The minimum Gasteiger partial charge on any atom is -0.384 e. The van der Waals surface area contributed by atoms with Gasteiger partial charge in [-0.15, -0.1) is 6.58 Å². The first kappa shape index (κ1) is 24.5. The van der Waals surface area contributed by atoms with E-state index in [1.165, 1.54) is 36.1 Å². The number of hydrogen-bond acceptors (Lipinski definition) is 2. The molecule has 1 aliphatic rings. The van der Waals surface area contributed by atoms with Crippen LogP contribution >= 0.6 is 11.3 Å². The highest BCUT2D eigenvalue weighted by molar-refractivity contribution is 7.07. The van der Waals surface area contributed by atoms with Crippen molar-refractivity contribution in [2.45, 2.75) is 78.6 Å². The number of nitrogens with one attached hydrogen (secondary N) is 1. The molecule has 0 bridgehead atoms. The van der Waals surface area contributed by atoms with Gasteiger partial charge in [0.2, 0.25) is 0 Å². The van der Waals surface area contributed by atoms with Crippen LogP contribution in [-0.4, -0.2) is 6.54 Å². The second-order valence-electron chi connectivity index (χ2n) is 7.88. The maximum Gasteiger partial charge on any atom is 0.0379 e. The summed E-state index contributed by atoms with van der Waals surface area (Å²) < 4.78 is 0. The Morgan fingerprint density at radius 2 is 1.86 bits per heavy atom. The van der Waals surface area contributed by atoms with Crippen molar-refractivity contribution >= 4 is 17.0 Å². The van der Waals surface area contributed by atoms with Crippen molar-refractivity contribution in [3.63, 3.8) is 0 Å². The molecule has 2 heteroatoms. The van der Waals surface area contributed by atoms with E-state index in [1.54, 1.807) is 11.3 Å². The number of fused-ring (bicyclic) bond motifs is 1. The zero-order valence-corrected chi connectivity index (χ0v) is 19.7. The molecule has 1 N–H and O–H groups in total. The molecule has 3 rings (SSSR count). The van der Waals surface area contributed by atoms with Gasteiger partial charge in [-0.1, -0.05) is 84.7 Å². The number of thiophene rings is 1. The van der Waals surface area contributed by atoms with E-state index in [-0.39, 0.29) is 5.41 Å². The number of allylic oxidation sites excluding steroid dienone is 1. The Morgan fingerprint density at radius 3 is 2.36 bits per heavy atom. The van der Waals surface area contributed by atoms with Crippen LogP contribution in [0.4, 0.5) is 5.69 Å². The lowest BCUT2D eigenvalue weighted by atomic mass is 9.75. The number of anilines is 1. The molecule has 0 radical (unpaired) electrons. The Kier molecular flexibility index (Phi) is 11.2. The van der Waals surface area contributed by atoms with Crippen molar-refractivity contribution in [1.82, 2.24) is 0 Å². The van der Waals surface area contributed by atoms with Crippen LogP contribution in [0.1, 0.15) is 84.3 Å². The van der Waals surface area contributed by atoms with Gasteiger partial charge in [0.15, 0.2) is 0 Å². The van der Waals surface area contributed by atoms with Gasteiger partial charge < -0.3 is 5.32 Å². The standard InChI is InChI=1S/C20H31N.C4H4S.C2H6/c1-6-9-10-15-14-21-19-12-11-16(20(4,5)8-3)13-18(19)17(15)7-2;1-2-4-5-3-1;1-2/h7,11-13,15,17,21H,2,6,8-10,14H2,1,3-5H3;1-4H;1-2H3. The number of unbranched alkanes of at least 4 members (excludes halogenated alkanes) is 1. The lowest BCUT2D eigenvalue weighted by molar-refractivity contribution is 0.434. The SMILES string of the molecule is C=CC1c2cc(C(C)(C)CC)ccc2NCC1CCCC.CC.c1ccsc1. The van der Waals surface area contributed by atoms with Gasteiger partial charge in [0.05, 0.1) is 0 Å². The summed E-state index contributed by atoms with van der Waals surface area (Å²) in [4.78, 5) is 0. The molecule has 0 saturated carbocycles. The molecule has 0 fully saturated rings. The molecule has 28 heavy (non-hydrogen) atoms. The quantitative estimate of drug-likeness (QED) is 0.479. The highest BCUT2D eigenvalue weighted by Crippen LogP contribution is 2.40. The Balaban J connectivity index is 0.000000476. The van der Waals surface area contributed by atoms with Crippen molar-refractivity contribution in [2.75, 3.05) is 11.9 Å². The summed E-state index contributed by atoms with van der Waals surface area (Å²) in [6.07, 6.45) is 7.21. The minimum absolute atomic E-state index is 0.247. The van der Waals surface area contributed by atoms with E-state index in [4.69, 9.17) is 0 Å². The van der Waals surface area contributed by atoms with Crippen molar-refractivity contribution in [3.8, 4) is 0 Å². The topological polar surface area (TPSA) is 12.0 Å². The molecule has 2 aromatic rings. The summed E-state index contributed by atoms with van der Waals surface area (Å²) in [7, 11) is 0. The molecule has 1 aliphatic heterocycles. The zero-order chi connectivity index (χ0) is 21.0. The van der Waals surface area contributed by atoms with Gasteiger partial charge in [0.1, 0.15) is 0 Å². The normalized spacial score (nSPS) is 17.8. The lowest BCUT2D eigenvalue weighted by Gasteiger charge is -2.34. The first-order valence-electron chi connectivity index (χ1n) is 11.0. The largest absolute Gasteiger partial charge is 0.384 e. The fourth-order valence-electron chi connectivity index (χ4n) is 3.54. The van der Waals surface area contributed by atoms with E-state index in [9.17, 15) is 0 Å². The fraction of sp³-hybridized carbons (Fsp3) is 0.538. The number of benzene rings is 1. The molecule has 1 aromatic heterocycles. The summed E-state index contributed by atoms with van der Waals surface area (Å²) in [5, 5.41) is 7.72. The van der Waals surface area contributed by atoms with Crippen molar-refractivity contribution in [1.29, 1.82) is 0 Å². The number of hydrogen-bond donors (Lipinski definition) is 1. The van der Waals surface area contributed by atoms with Crippen molar-refractivity contribution < 1.29 is 0 Å². The molecule has 0 amide bonds. The van der Waals surface area contributed by atoms with E-state index >= 15 is 0 Å². The average molecular weight is 400 g/mol. The Morgan fingerprint density at radius 1 is 1.18 bits per heavy atom. The third kappa shape index (κ3) is 6.81. The monoisotopic (exact) mass is 399 g/mol. The van der Waals surface area contributed by atoms with Crippen LogP contribution in [0, 0.1) is 5.92 Å². The molecule has 1 nitrogen and oxygen atoms in total. The van der Waals surface area contributed by atoms with Crippen LogP contribution in [0.15, 0.2) is 53.7 Å². The summed E-state index contributed by atoms with van der Waals surface area (Å²) in [6, 6.07) is 11.0. The van der Waals surface area contributed by atoms with Crippen LogP contribution in [0.5, 0.6) is 0 Å². The van der Waals surface area contributed by atoms with Gasteiger partial charge >= 0.3 is 0 Å². The van der Waals surface area contributed by atoms with E-state index in [0.29, 0.717) is 11.8 Å². The highest BCUT2D eigenvalue weighted by Gasteiger charge is 2.28. The summed E-state index contributed by atoms with van der Waals surface area (Å²) in [5.41, 5.74) is 4.46. The Labute approximate surface area is 178 Å². The van der Waals surface area contributed by atoms with Gasteiger partial charge in [-0.05, 0) is 52.1 Å². The zero-order valence-electron chi connectivity index (χ0n) is 18.9. The Bertz CT molecular complexity index is 640. The first-order chi connectivity index (χ1) is 13.5. The highest BCUT2D eigenvalue weighted by atomic mass is 32.1. The van der Waals surface area contributed by atoms with Crippen LogP contribution in [-0.2, 0) is 5.41 Å². The molecule has 0 aliphatic carbocycles. The molecule has 0 saturated heterocycles. The molecule has 2 unspecified atom stereocenters. The summed E-state index contributed by atoms with van der Waals surface area (Å²) in [6.45, 7) is 18.4. The smallest absolute Gasteiger partial charge is 0.0379 e. The maximum atomic E-state index is 4.13. The number of rotatable bonds is 6. The fourth-order valence-corrected chi connectivity index (χ4v) is 3.99. The van der Waals surface area contributed by atoms with Crippen molar-refractivity contribution in [2.24, 2.45) is 5.92 Å². The van der Waals surface area contributed by atoms with E-state index in [2.05, 4.69) is 63.9 Å². The molecule has 2 atom stereocenters.